The number of nitrogens with one attached hydrogen (secondary N) is 2. The van der Waals surface area contributed by atoms with Crippen molar-refractivity contribution in [3.63, 3.8) is 0 Å². The van der Waals surface area contributed by atoms with Crippen molar-refractivity contribution in [3.8, 4) is 5.75 Å². The Morgan fingerprint density at radius 2 is 1.96 bits per heavy atom. The minimum absolute atomic E-state index is 0.235. The fourth-order valence-corrected chi connectivity index (χ4v) is 3.24. The van der Waals surface area contributed by atoms with Crippen molar-refractivity contribution in [3.05, 3.63) is 29.8 Å². The molecule has 1 heterocycles. The number of guanidine groups is 1. The summed E-state index contributed by atoms with van der Waals surface area (Å²) in [5, 5.41) is 6.52. The van der Waals surface area contributed by atoms with Crippen molar-refractivity contribution in [1.82, 2.24) is 15.5 Å². The van der Waals surface area contributed by atoms with Crippen LogP contribution in [0, 0.1) is 0 Å². The summed E-state index contributed by atoms with van der Waals surface area (Å²) in [5.74, 6) is 1.84. The van der Waals surface area contributed by atoms with Gasteiger partial charge in [-0.15, -0.1) is 0 Å². The third kappa shape index (κ3) is 6.24. The molecule has 0 saturated carbocycles. The number of benzene rings is 1. The van der Waals surface area contributed by atoms with Gasteiger partial charge in [0.1, 0.15) is 5.75 Å². The minimum atomic E-state index is 0.235. The molecule has 0 aromatic heterocycles. The van der Waals surface area contributed by atoms with Crippen LogP contribution in [0.1, 0.15) is 38.2 Å². The van der Waals surface area contributed by atoms with E-state index in [9.17, 15) is 4.79 Å². The first-order valence-electron chi connectivity index (χ1n) is 9.51. The van der Waals surface area contributed by atoms with Crippen LogP contribution < -0.4 is 15.4 Å². The summed E-state index contributed by atoms with van der Waals surface area (Å²) in [7, 11) is 3.42. The molecule has 1 amide bonds. The van der Waals surface area contributed by atoms with E-state index in [0.717, 1.165) is 44.1 Å². The molecule has 26 heavy (non-hydrogen) atoms. The quantitative estimate of drug-likeness (QED) is 0.578. The number of amides is 1. The molecule has 0 radical (unpaired) electrons. The Morgan fingerprint density at radius 1 is 1.23 bits per heavy atom. The van der Waals surface area contributed by atoms with E-state index in [1.54, 1.807) is 14.2 Å². The maximum atomic E-state index is 12.3. The third-order valence-electron chi connectivity index (χ3n) is 4.84. The lowest BCUT2D eigenvalue weighted by Gasteiger charge is -2.33. The lowest BCUT2D eigenvalue weighted by molar-refractivity contribution is -0.134. The highest BCUT2D eigenvalue weighted by molar-refractivity contribution is 5.81. The molecule has 144 valence electrons. The van der Waals surface area contributed by atoms with E-state index in [-0.39, 0.29) is 5.91 Å². The molecule has 1 aromatic rings. The molecule has 1 aliphatic rings. The number of rotatable bonds is 7. The van der Waals surface area contributed by atoms with Crippen LogP contribution in [-0.2, 0) is 11.2 Å². The second kappa shape index (κ2) is 10.7. The van der Waals surface area contributed by atoms with Gasteiger partial charge in [0.15, 0.2) is 5.96 Å². The van der Waals surface area contributed by atoms with Crippen molar-refractivity contribution in [2.45, 2.75) is 45.1 Å². The molecular formula is C20H32N4O2. The van der Waals surface area contributed by atoms with E-state index in [2.05, 4.69) is 34.7 Å². The van der Waals surface area contributed by atoms with Gasteiger partial charge in [0, 0.05) is 39.1 Å². The Labute approximate surface area is 157 Å². The second-order valence-electron chi connectivity index (χ2n) is 6.71. The maximum absolute atomic E-state index is 12.3. The van der Waals surface area contributed by atoms with Crippen molar-refractivity contribution in [1.29, 1.82) is 0 Å². The predicted molar refractivity (Wildman–Crippen MR) is 106 cm³/mol. The predicted octanol–water partition coefficient (Wildman–Crippen LogP) is 2.19. The van der Waals surface area contributed by atoms with Crippen molar-refractivity contribution in [2.75, 3.05) is 33.8 Å². The van der Waals surface area contributed by atoms with Crippen LogP contribution in [0.5, 0.6) is 5.75 Å². The van der Waals surface area contributed by atoms with Crippen LogP contribution in [0.4, 0.5) is 0 Å². The summed E-state index contributed by atoms with van der Waals surface area (Å²) in [6, 6.07) is 8.44. The minimum Gasteiger partial charge on any atom is -0.497 e. The molecule has 1 atom stereocenters. The van der Waals surface area contributed by atoms with E-state index >= 15 is 0 Å². The van der Waals surface area contributed by atoms with Gasteiger partial charge in [0.05, 0.1) is 7.11 Å². The molecule has 0 bridgehead atoms. The van der Waals surface area contributed by atoms with Gasteiger partial charge >= 0.3 is 0 Å². The summed E-state index contributed by atoms with van der Waals surface area (Å²) in [6.45, 7) is 4.42. The number of ether oxygens (including phenoxy) is 1. The number of carbonyl (C=O) groups excluding carboxylic acids is 1. The number of hydrogen-bond donors (Lipinski definition) is 2. The zero-order chi connectivity index (χ0) is 18.8. The molecule has 6 nitrogen and oxygen atoms in total. The summed E-state index contributed by atoms with van der Waals surface area (Å²) in [6.07, 6.45) is 4.87. The van der Waals surface area contributed by atoms with E-state index in [0.29, 0.717) is 19.0 Å². The van der Waals surface area contributed by atoms with E-state index < -0.39 is 0 Å². The Balaban J connectivity index is 1.66. The smallest absolute Gasteiger partial charge is 0.224 e. The third-order valence-corrected chi connectivity index (χ3v) is 4.84. The van der Waals surface area contributed by atoms with E-state index in [1.165, 1.54) is 12.0 Å². The number of piperidine rings is 1. The lowest BCUT2D eigenvalue weighted by atomic mass is 10.0. The largest absolute Gasteiger partial charge is 0.497 e. The van der Waals surface area contributed by atoms with Gasteiger partial charge in [-0.3, -0.25) is 9.79 Å². The normalized spacial score (nSPS) is 17.7. The highest BCUT2D eigenvalue weighted by atomic mass is 16.5. The number of nitrogens with zero attached hydrogens (tertiary/aromatic N) is 2. The molecule has 0 spiro atoms. The molecule has 1 aliphatic heterocycles. The van der Waals surface area contributed by atoms with E-state index in [4.69, 9.17) is 4.74 Å². The van der Waals surface area contributed by atoms with Gasteiger partial charge in [-0.25, -0.2) is 0 Å². The van der Waals surface area contributed by atoms with Gasteiger partial charge in [-0.1, -0.05) is 12.1 Å². The number of likely N-dealkylation sites (tertiary alicyclic amines) is 1. The molecule has 6 heteroatoms. The number of carbonyl (C=O) groups is 1. The SMILES string of the molecule is CN=C(NCCC(=O)N1CCCCC1C)NCCc1ccc(OC)cc1. The van der Waals surface area contributed by atoms with Crippen molar-refractivity contribution >= 4 is 11.9 Å². The van der Waals surface area contributed by atoms with Crippen LogP contribution >= 0.6 is 0 Å². The Kier molecular flexibility index (Phi) is 8.25. The molecule has 1 aromatic carbocycles. The van der Waals surface area contributed by atoms with Gasteiger partial charge in [0.2, 0.25) is 5.91 Å². The van der Waals surface area contributed by atoms with Crippen LogP contribution in [0.15, 0.2) is 29.3 Å². The molecule has 0 aliphatic carbocycles. The van der Waals surface area contributed by atoms with Crippen LogP contribution in [-0.4, -0.2) is 56.6 Å². The van der Waals surface area contributed by atoms with Crippen LogP contribution in [0.2, 0.25) is 0 Å². The average Bonchev–Trinajstić information content (AvgIpc) is 2.67. The maximum Gasteiger partial charge on any atom is 0.224 e. The van der Waals surface area contributed by atoms with Crippen molar-refractivity contribution < 1.29 is 9.53 Å². The second-order valence-corrected chi connectivity index (χ2v) is 6.71. The van der Waals surface area contributed by atoms with Gasteiger partial charge in [-0.05, 0) is 50.3 Å². The van der Waals surface area contributed by atoms with Gasteiger partial charge in [0.25, 0.3) is 0 Å². The number of methoxy groups -OCH3 is 1. The topological polar surface area (TPSA) is 66.0 Å². The molecule has 1 fully saturated rings. The summed E-state index contributed by atoms with van der Waals surface area (Å²) in [5.41, 5.74) is 1.24. The lowest BCUT2D eigenvalue weighted by Crippen LogP contribution is -2.44. The van der Waals surface area contributed by atoms with Crippen LogP contribution in [0.3, 0.4) is 0 Å². The zero-order valence-electron chi connectivity index (χ0n) is 16.3. The Hall–Kier alpha value is -2.24. The first-order chi connectivity index (χ1) is 12.6. The highest BCUT2D eigenvalue weighted by Crippen LogP contribution is 2.17. The first kappa shape index (κ1) is 20.1. The standard InChI is InChI=1S/C20H32N4O2/c1-16-6-4-5-15-24(16)19(25)12-14-23-20(21-2)22-13-11-17-7-9-18(26-3)10-8-17/h7-10,16H,4-6,11-15H2,1-3H3,(H2,21,22,23). The zero-order valence-corrected chi connectivity index (χ0v) is 16.3. The average molecular weight is 361 g/mol. The molecular weight excluding hydrogens is 328 g/mol. The van der Waals surface area contributed by atoms with Crippen LogP contribution in [0.25, 0.3) is 0 Å². The molecule has 1 saturated heterocycles. The fraction of sp³-hybridized carbons (Fsp3) is 0.600. The fourth-order valence-electron chi connectivity index (χ4n) is 3.24. The first-order valence-corrected chi connectivity index (χ1v) is 9.51. The van der Waals surface area contributed by atoms with E-state index in [1.807, 2.05) is 17.0 Å². The Bertz CT molecular complexity index is 586. The molecule has 2 rings (SSSR count). The summed E-state index contributed by atoms with van der Waals surface area (Å²) < 4.78 is 5.17. The number of aliphatic imine (C=N–C) groups is 1. The van der Waals surface area contributed by atoms with Crippen molar-refractivity contribution in [2.24, 2.45) is 4.99 Å². The van der Waals surface area contributed by atoms with Gasteiger partial charge in [-0.2, -0.15) is 0 Å². The van der Waals surface area contributed by atoms with Gasteiger partial charge < -0.3 is 20.3 Å². The number of hydrogen-bond acceptors (Lipinski definition) is 3. The summed E-state index contributed by atoms with van der Waals surface area (Å²) >= 11 is 0. The monoisotopic (exact) mass is 360 g/mol. The molecule has 1 unspecified atom stereocenters. The highest BCUT2D eigenvalue weighted by Gasteiger charge is 2.22. The molecule has 2 N–H and O–H groups in total. The summed E-state index contributed by atoms with van der Waals surface area (Å²) in [4.78, 5) is 18.6. The Morgan fingerprint density at radius 3 is 2.62 bits per heavy atom.